The van der Waals surface area contributed by atoms with E-state index in [2.05, 4.69) is 19.1 Å². The smallest absolute Gasteiger partial charge is 0.259 e. The molecule has 7 atom stereocenters. The molecule has 2 fully saturated rings. The number of aliphatic hydroxyl groups excluding tert-OH is 2. The van der Waals surface area contributed by atoms with E-state index in [1.165, 1.54) is 6.42 Å². The quantitative estimate of drug-likeness (QED) is 0.619. The fourth-order valence-corrected chi connectivity index (χ4v) is 5.54. The van der Waals surface area contributed by atoms with Crippen LogP contribution in [0.3, 0.4) is 0 Å². The summed E-state index contributed by atoms with van der Waals surface area (Å²) >= 11 is 0. The number of imide groups is 1. The van der Waals surface area contributed by atoms with Gasteiger partial charge in [-0.25, -0.2) is 0 Å². The maximum Gasteiger partial charge on any atom is 0.259 e. The highest BCUT2D eigenvalue weighted by Crippen LogP contribution is 2.46. The zero-order chi connectivity index (χ0) is 19.8. The summed E-state index contributed by atoms with van der Waals surface area (Å²) in [5.41, 5.74) is 0.827. The maximum atomic E-state index is 13.0. The lowest BCUT2D eigenvalue weighted by molar-refractivity contribution is -0.142. The van der Waals surface area contributed by atoms with Gasteiger partial charge in [0.2, 0.25) is 5.91 Å². The molecule has 0 radical (unpaired) electrons. The molecule has 2 N–H and O–H groups in total. The first kappa shape index (κ1) is 19.3. The molecule has 0 bridgehead atoms. The van der Waals surface area contributed by atoms with Gasteiger partial charge < -0.3 is 10.2 Å². The lowest BCUT2D eigenvalue weighted by Gasteiger charge is -2.44. The molecule has 0 spiro atoms. The molecule has 1 unspecified atom stereocenters. The number of fused-ring (bicyclic) bond motifs is 1. The van der Waals surface area contributed by atoms with Crippen LogP contribution in [0.1, 0.15) is 38.2 Å². The summed E-state index contributed by atoms with van der Waals surface area (Å²) in [5.74, 6) is -1.38. The van der Waals surface area contributed by atoms with Gasteiger partial charge >= 0.3 is 0 Å². The summed E-state index contributed by atoms with van der Waals surface area (Å²) in [5, 5.41) is 21.8. The van der Waals surface area contributed by atoms with E-state index in [1.807, 2.05) is 30.3 Å². The number of carbonyl (C=O) groups is 2. The molecule has 1 saturated heterocycles. The fourth-order valence-electron chi connectivity index (χ4n) is 5.54. The lowest BCUT2D eigenvalue weighted by Crippen LogP contribution is -2.47. The fraction of sp³-hybridized carbons (Fsp3) is 0.565. The van der Waals surface area contributed by atoms with E-state index in [1.54, 1.807) is 0 Å². The van der Waals surface area contributed by atoms with Crippen molar-refractivity contribution in [3.63, 3.8) is 0 Å². The molecule has 4 rings (SSSR count). The maximum absolute atomic E-state index is 13.0. The summed E-state index contributed by atoms with van der Waals surface area (Å²) in [6, 6.07) is 9.26. The monoisotopic (exact) mass is 383 g/mol. The van der Waals surface area contributed by atoms with Crippen LogP contribution in [0, 0.1) is 29.6 Å². The highest BCUT2D eigenvalue weighted by Gasteiger charge is 2.54. The van der Waals surface area contributed by atoms with Crippen LogP contribution in [0.4, 0.5) is 0 Å². The molecule has 1 saturated carbocycles. The second-order valence-corrected chi connectivity index (χ2v) is 8.64. The topological polar surface area (TPSA) is 77.8 Å². The average molecular weight is 383 g/mol. The van der Waals surface area contributed by atoms with E-state index in [0.29, 0.717) is 11.8 Å². The molecular formula is C23H29NO4. The summed E-state index contributed by atoms with van der Waals surface area (Å²) in [6.45, 7) is 2.19. The predicted octanol–water partition coefficient (Wildman–Crippen LogP) is 2.52. The van der Waals surface area contributed by atoms with Gasteiger partial charge in [-0.15, -0.1) is 0 Å². The molecule has 3 aliphatic rings. The summed E-state index contributed by atoms with van der Waals surface area (Å²) in [4.78, 5) is 26.8. The predicted molar refractivity (Wildman–Crippen MR) is 105 cm³/mol. The van der Waals surface area contributed by atoms with Gasteiger partial charge in [-0.2, -0.15) is 0 Å². The number of likely N-dealkylation sites (tertiary alicyclic amines) is 1. The van der Waals surface area contributed by atoms with Crippen molar-refractivity contribution in [1.29, 1.82) is 0 Å². The first-order valence-corrected chi connectivity index (χ1v) is 10.4. The second-order valence-electron chi connectivity index (χ2n) is 8.64. The zero-order valence-corrected chi connectivity index (χ0v) is 16.3. The third kappa shape index (κ3) is 3.31. The van der Waals surface area contributed by atoms with E-state index in [9.17, 15) is 19.8 Å². The minimum atomic E-state index is -1.47. The van der Waals surface area contributed by atoms with Crippen molar-refractivity contribution >= 4 is 11.8 Å². The van der Waals surface area contributed by atoms with E-state index >= 15 is 0 Å². The molecule has 1 aromatic rings. The highest BCUT2D eigenvalue weighted by atomic mass is 16.3. The number of aliphatic hydroxyl groups is 2. The Labute approximate surface area is 166 Å². The first-order valence-electron chi connectivity index (χ1n) is 10.4. The Morgan fingerprint density at radius 1 is 1.07 bits per heavy atom. The molecule has 28 heavy (non-hydrogen) atoms. The van der Waals surface area contributed by atoms with Crippen molar-refractivity contribution < 1.29 is 19.8 Å². The van der Waals surface area contributed by atoms with Gasteiger partial charge in [0.15, 0.2) is 0 Å². The van der Waals surface area contributed by atoms with Crippen LogP contribution in [0.25, 0.3) is 0 Å². The molecule has 1 aliphatic heterocycles. The average Bonchev–Trinajstić information content (AvgIpc) is 2.91. The van der Waals surface area contributed by atoms with E-state index in [4.69, 9.17) is 0 Å². The van der Waals surface area contributed by atoms with Gasteiger partial charge in [-0.3, -0.25) is 14.5 Å². The van der Waals surface area contributed by atoms with Crippen molar-refractivity contribution in [3.8, 4) is 0 Å². The van der Waals surface area contributed by atoms with E-state index in [-0.39, 0.29) is 18.4 Å². The summed E-state index contributed by atoms with van der Waals surface area (Å²) < 4.78 is 0. The van der Waals surface area contributed by atoms with Gasteiger partial charge in [0, 0.05) is 0 Å². The second kappa shape index (κ2) is 7.80. The number of hydrogen-bond donors (Lipinski definition) is 2. The number of benzene rings is 1. The molecule has 2 aliphatic carbocycles. The molecule has 2 amide bonds. The third-order valence-electron chi connectivity index (χ3n) is 6.99. The molecule has 1 heterocycles. The Hall–Kier alpha value is -1.98. The standard InChI is InChI=1S/C23H29NO4/c1-14-11-12-16-9-5-6-10-17(16)18(14)20(25)19-21(26)23(28)24(22(19)27)13-15-7-3-2-4-8-15/h2-4,7-8,11-12,14,16-21,25-26H,5-6,9-10,13H2,1H3/t14-,16+,17-,18-,19-,20?,21-/m0/s1. The van der Waals surface area contributed by atoms with Crippen LogP contribution in [-0.4, -0.2) is 39.1 Å². The molecule has 0 aromatic heterocycles. The van der Waals surface area contributed by atoms with Crippen LogP contribution in [0.2, 0.25) is 0 Å². The van der Waals surface area contributed by atoms with Gasteiger partial charge in [0.25, 0.3) is 5.91 Å². The number of amides is 2. The summed E-state index contributed by atoms with van der Waals surface area (Å²) in [6.07, 6.45) is 6.37. The first-order chi connectivity index (χ1) is 13.5. The van der Waals surface area contributed by atoms with Gasteiger partial charge in [-0.1, -0.05) is 62.2 Å². The number of allylic oxidation sites excluding steroid dienone is 2. The lowest BCUT2D eigenvalue weighted by atomic mass is 9.62. The van der Waals surface area contributed by atoms with Crippen LogP contribution in [0.5, 0.6) is 0 Å². The van der Waals surface area contributed by atoms with Gasteiger partial charge in [0.1, 0.15) is 6.10 Å². The van der Waals surface area contributed by atoms with Crippen molar-refractivity contribution in [3.05, 3.63) is 48.0 Å². The third-order valence-corrected chi connectivity index (χ3v) is 6.99. The van der Waals surface area contributed by atoms with Crippen molar-refractivity contribution in [2.24, 2.45) is 29.6 Å². The number of hydrogen-bond acceptors (Lipinski definition) is 4. The Morgan fingerprint density at radius 3 is 2.54 bits per heavy atom. The van der Waals surface area contributed by atoms with Crippen molar-refractivity contribution in [1.82, 2.24) is 4.90 Å². The molecule has 5 heteroatoms. The zero-order valence-electron chi connectivity index (χ0n) is 16.3. The summed E-state index contributed by atoms with van der Waals surface area (Å²) in [7, 11) is 0. The number of carbonyl (C=O) groups excluding carboxylic acids is 2. The van der Waals surface area contributed by atoms with Gasteiger partial charge in [0.05, 0.1) is 18.6 Å². The Morgan fingerprint density at radius 2 is 1.79 bits per heavy atom. The molecule has 150 valence electrons. The Kier molecular flexibility index (Phi) is 5.39. The van der Waals surface area contributed by atoms with Crippen LogP contribution >= 0.6 is 0 Å². The SMILES string of the molecule is C[C@H]1C=C[C@H]2CCCC[C@@H]2[C@H]1C(O)[C@@H]1C(=O)N(Cc2ccccc2)C(=O)[C@H]1O. The number of nitrogens with zero attached hydrogens (tertiary/aromatic N) is 1. The van der Waals surface area contributed by atoms with Gasteiger partial charge in [-0.05, 0) is 42.1 Å². The largest absolute Gasteiger partial charge is 0.392 e. The van der Waals surface area contributed by atoms with Crippen LogP contribution < -0.4 is 0 Å². The van der Waals surface area contributed by atoms with Crippen molar-refractivity contribution in [2.45, 2.75) is 51.4 Å². The minimum absolute atomic E-state index is 0.108. The van der Waals surface area contributed by atoms with Crippen molar-refractivity contribution in [2.75, 3.05) is 0 Å². The molecule has 5 nitrogen and oxygen atoms in total. The minimum Gasteiger partial charge on any atom is -0.392 e. The molecule has 1 aromatic carbocycles. The highest BCUT2D eigenvalue weighted by molar-refractivity contribution is 6.06. The Bertz CT molecular complexity index is 761. The Balaban J connectivity index is 1.56. The molecular weight excluding hydrogens is 354 g/mol. The number of rotatable bonds is 4. The van der Waals surface area contributed by atoms with E-state index < -0.39 is 29.9 Å². The van der Waals surface area contributed by atoms with Crippen LogP contribution in [0.15, 0.2) is 42.5 Å². The van der Waals surface area contributed by atoms with Crippen LogP contribution in [-0.2, 0) is 16.1 Å². The van der Waals surface area contributed by atoms with E-state index in [0.717, 1.165) is 29.7 Å². The normalized spacial score (nSPS) is 36.5.